The first-order chi connectivity index (χ1) is 5.59. The number of ether oxygens (including phenoxy) is 1. The molecule has 0 radical (unpaired) electrons. The lowest BCUT2D eigenvalue weighted by Gasteiger charge is -2.13. The van der Waals surface area contributed by atoms with Crippen molar-refractivity contribution < 1.29 is 23.4 Å². The molecule has 1 rings (SSSR count). The van der Waals surface area contributed by atoms with E-state index in [1.54, 1.807) is 0 Å². The molecule has 1 atom stereocenters. The summed E-state index contributed by atoms with van der Waals surface area (Å²) < 4.78 is 27.6. The van der Waals surface area contributed by atoms with Crippen molar-refractivity contribution in [1.29, 1.82) is 0 Å². The molecule has 0 bridgehead atoms. The first-order valence-corrected chi connectivity index (χ1v) is 3.75. The third-order valence-electron chi connectivity index (χ3n) is 1.80. The van der Waals surface area contributed by atoms with E-state index in [0.29, 0.717) is 0 Å². The van der Waals surface area contributed by atoms with Gasteiger partial charge in [0.2, 0.25) is 0 Å². The van der Waals surface area contributed by atoms with Gasteiger partial charge in [0.15, 0.2) is 0 Å². The highest BCUT2D eigenvalue weighted by Gasteiger charge is 2.35. The van der Waals surface area contributed by atoms with Crippen LogP contribution in [0.1, 0.15) is 19.3 Å². The predicted octanol–water partition coefficient (Wildman–Crippen LogP) is 1.48. The number of halogens is 2. The minimum atomic E-state index is -2.87. The zero-order chi connectivity index (χ0) is 9.14. The summed E-state index contributed by atoms with van der Waals surface area (Å²) >= 11 is 0. The van der Waals surface area contributed by atoms with E-state index >= 15 is 0 Å². The molecule has 3 nitrogen and oxygen atoms in total. The third-order valence-corrected chi connectivity index (χ3v) is 1.80. The number of carboxylic acid groups (broad SMARTS) is 1. The van der Waals surface area contributed by atoms with Gasteiger partial charge >= 0.3 is 12.6 Å². The summed E-state index contributed by atoms with van der Waals surface area (Å²) in [4.78, 5) is 10.2. The van der Waals surface area contributed by atoms with Crippen molar-refractivity contribution in [3.8, 4) is 0 Å². The summed E-state index contributed by atoms with van der Waals surface area (Å²) in [7, 11) is 0. The zero-order valence-electron chi connectivity index (χ0n) is 6.37. The maximum absolute atomic E-state index is 11.7. The SMILES string of the molecule is O=C(O)CC(OC(F)F)C1CC1. The van der Waals surface area contributed by atoms with E-state index in [1.165, 1.54) is 0 Å². The van der Waals surface area contributed by atoms with Crippen LogP contribution in [0.3, 0.4) is 0 Å². The molecular formula is C7H10F2O3. The number of alkyl halides is 2. The molecule has 1 N–H and O–H groups in total. The van der Waals surface area contributed by atoms with Gasteiger partial charge in [-0.2, -0.15) is 8.78 Å². The molecular weight excluding hydrogens is 170 g/mol. The lowest BCUT2D eigenvalue weighted by molar-refractivity contribution is -0.176. The topological polar surface area (TPSA) is 46.5 Å². The molecule has 0 aromatic rings. The van der Waals surface area contributed by atoms with Crippen LogP contribution >= 0.6 is 0 Å². The van der Waals surface area contributed by atoms with Crippen LogP contribution in [0.2, 0.25) is 0 Å². The molecule has 1 aliphatic carbocycles. The maximum Gasteiger partial charge on any atom is 0.345 e. The number of carbonyl (C=O) groups is 1. The number of hydrogen-bond acceptors (Lipinski definition) is 2. The molecule has 0 aliphatic heterocycles. The van der Waals surface area contributed by atoms with Gasteiger partial charge in [0, 0.05) is 0 Å². The summed E-state index contributed by atoms with van der Waals surface area (Å²) in [6.07, 6.45) is 0.465. The molecule has 0 aromatic carbocycles. The Kier molecular flexibility index (Phi) is 2.97. The van der Waals surface area contributed by atoms with Crippen LogP contribution in [0.25, 0.3) is 0 Å². The molecule has 70 valence electrons. The van der Waals surface area contributed by atoms with Gasteiger partial charge in [0.25, 0.3) is 0 Å². The second kappa shape index (κ2) is 3.80. The molecule has 5 heteroatoms. The van der Waals surface area contributed by atoms with Crippen molar-refractivity contribution in [2.75, 3.05) is 0 Å². The quantitative estimate of drug-likeness (QED) is 0.697. The Hall–Kier alpha value is -0.710. The molecule has 1 unspecified atom stereocenters. The summed E-state index contributed by atoms with van der Waals surface area (Å²) in [5, 5.41) is 8.35. The Morgan fingerprint density at radius 2 is 2.17 bits per heavy atom. The van der Waals surface area contributed by atoms with E-state index in [-0.39, 0.29) is 12.3 Å². The average Bonchev–Trinajstić information content (AvgIpc) is 2.63. The minimum absolute atomic E-state index is 0.0232. The van der Waals surface area contributed by atoms with Crippen molar-refractivity contribution in [3.05, 3.63) is 0 Å². The van der Waals surface area contributed by atoms with Crippen LogP contribution in [-0.2, 0) is 9.53 Å². The van der Waals surface area contributed by atoms with Crippen LogP contribution in [0, 0.1) is 5.92 Å². The molecule has 1 fully saturated rings. The smallest absolute Gasteiger partial charge is 0.345 e. The molecule has 0 amide bonds. The molecule has 1 aliphatic rings. The average molecular weight is 180 g/mol. The number of rotatable bonds is 5. The van der Waals surface area contributed by atoms with Crippen molar-refractivity contribution in [3.63, 3.8) is 0 Å². The molecule has 0 spiro atoms. The first-order valence-electron chi connectivity index (χ1n) is 3.75. The predicted molar refractivity (Wildman–Crippen MR) is 35.9 cm³/mol. The van der Waals surface area contributed by atoms with Gasteiger partial charge in [0.05, 0.1) is 12.5 Å². The van der Waals surface area contributed by atoms with E-state index in [9.17, 15) is 13.6 Å². The summed E-state index contributed by atoms with van der Waals surface area (Å²) in [5.74, 6) is -1.07. The fourth-order valence-corrected chi connectivity index (χ4v) is 1.10. The highest BCUT2D eigenvalue weighted by Crippen LogP contribution is 2.36. The summed E-state index contributed by atoms with van der Waals surface area (Å²) in [6.45, 7) is -2.87. The molecule has 0 saturated heterocycles. The number of carboxylic acids is 1. The molecule has 12 heavy (non-hydrogen) atoms. The van der Waals surface area contributed by atoms with Crippen molar-refractivity contribution in [2.45, 2.75) is 32.0 Å². The Morgan fingerprint density at radius 1 is 1.58 bits per heavy atom. The Labute approximate surface area is 68.3 Å². The van der Waals surface area contributed by atoms with Gasteiger partial charge in [-0.1, -0.05) is 0 Å². The largest absolute Gasteiger partial charge is 0.481 e. The van der Waals surface area contributed by atoms with E-state index in [4.69, 9.17) is 5.11 Å². The molecule has 0 heterocycles. The van der Waals surface area contributed by atoms with Crippen molar-refractivity contribution in [1.82, 2.24) is 0 Å². The number of hydrogen-bond donors (Lipinski definition) is 1. The summed E-state index contributed by atoms with van der Waals surface area (Å²) in [6, 6.07) is 0. The van der Waals surface area contributed by atoms with E-state index < -0.39 is 18.7 Å². The standard InChI is InChI=1S/C7H10F2O3/c8-7(9)12-5(3-6(10)11)4-1-2-4/h4-5,7H,1-3H2,(H,10,11). The molecule has 1 saturated carbocycles. The second-order valence-corrected chi connectivity index (χ2v) is 2.87. The first kappa shape index (κ1) is 9.38. The maximum atomic E-state index is 11.7. The van der Waals surface area contributed by atoms with Crippen LogP contribution < -0.4 is 0 Å². The van der Waals surface area contributed by atoms with Gasteiger partial charge in [-0.3, -0.25) is 4.79 Å². The Bertz CT molecular complexity index is 168. The van der Waals surface area contributed by atoms with Gasteiger partial charge in [-0.25, -0.2) is 0 Å². The normalized spacial score (nSPS) is 19.6. The van der Waals surface area contributed by atoms with Crippen LogP contribution in [0.4, 0.5) is 8.78 Å². The third kappa shape index (κ3) is 3.13. The van der Waals surface area contributed by atoms with E-state index in [1.807, 2.05) is 0 Å². The van der Waals surface area contributed by atoms with Crippen molar-refractivity contribution in [2.24, 2.45) is 5.92 Å². The van der Waals surface area contributed by atoms with Gasteiger partial charge < -0.3 is 9.84 Å². The summed E-state index contributed by atoms with van der Waals surface area (Å²) in [5.41, 5.74) is 0. The fourth-order valence-electron chi connectivity index (χ4n) is 1.10. The Morgan fingerprint density at radius 3 is 2.50 bits per heavy atom. The second-order valence-electron chi connectivity index (χ2n) is 2.87. The Balaban J connectivity index is 2.32. The lowest BCUT2D eigenvalue weighted by Crippen LogP contribution is -2.22. The van der Waals surface area contributed by atoms with Crippen LogP contribution in [0.5, 0.6) is 0 Å². The zero-order valence-corrected chi connectivity index (χ0v) is 6.37. The van der Waals surface area contributed by atoms with Crippen molar-refractivity contribution >= 4 is 5.97 Å². The van der Waals surface area contributed by atoms with Gasteiger partial charge in [-0.15, -0.1) is 0 Å². The lowest BCUT2D eigenvalue weighted by atomic mass is 10.2. The number of aliphatic carboxylic acids is 1. The van der Waals surface area contributed by atoms with Crippen LogP contribution in [0.15, 0.2) is 0 Å². The van der Waals surface area contributed by atoms with Gasteiger partial charge in [0.1, 0.15) is 0 Å². The minimum Gasteiger partial charge on any atom is -0.481 e. The van der Waals surface area contributed by atoms with E-state index in [2.05, 4.69) is 4.74 Å². The molecule has 0 aromatic heterocycles. The van der Waals surface area contributed by atoms with Crippen LogP contribution in [-0.4, -0.2) is 23.8 Å². The highest BCUT2D eigenvalue weighted by atomic mass is 19.3. The monoisotopic (exact) mass is 180 g/mol. The fraction of sp³-hybridized carbons (Fsp3) is 0.857. The van der Waals surface area contributed by atoms with E-state index in [0.717, 1.165) is 12.8 Å². The highest BCUT2D eigenvalue weighted by molar-refractivity contribution is 5.67. The van der Waals surface area contributed by atoms with Gasteiger partial charge in [-0.05, 0) is 18.8 Å².